The highest BCUT2D eigenvalue weighted by molar-refractivity contribution is 9.10. The molecule has 0 unspecified atom stereocenters. The molecule has 1 aliphatic rings. The second-order valence-corrected chi connectivity index (χ2v) is 4.73. The highest BCUT2D eigenvalue weighted by Crippen LogP contribution is 2.32. The number of nitrogens with zero attached hydrogens (tertiary/aromatic N) is 1. The molecule has 0 aliphatic carbocycles. The minimum Gasteiger partial charge on any atom is -0.317 e. The van der Waals surface area contributed by atoms with Crippen LogP contribution in [0.4, 0.5) is 0 Å². The van der Waals surface area contributed by atoms with Gasteiger partial charge in [0.05, 0.1) is 0 Å². The molecule has 1 N–H and O–H groups in total. The SMILES string of the molecule is Cc1cncc(Br)c1C1CCNCC1. The smallest absolute Gasteiger partial charge is 0.0413 e. The molecule has 1 aromatic heterocycles. The number of hydrogen-bond acceptors (Lipinski definition) is 2. The van der Waals surface area contributed by atoms with Crippen LogP contribution in [-0.2, 0) is 0 Å². The van der Waals surface area contributed by atoms with E-state index in [0.29, 0.717) is 5.92 Å². The number of halogens is 1. The van der Waals surface area contributed by atoms with E-state index in [2.05, 4.69) is 33.2 Å². The van der Waals surface area contributed by atoms with Crippen LogP contribution in [0.3, 0.4) is 0 Å². The van der Waals surface area contributed by atoms with Crippen molar-refractivity contribution in [3.8, 4) is 0 Å². The number of pyridine rings is 1. The first-order chi connectivity index (χ1) is 6.79. The van der Waals surface area contributed by atoms with Crippen LogP contribution in [0.5, 0.6) is 0 Å². The third-order valence-electron chi connectivity index (χ3n) is 2.89. The lowest BCUT2D eigenvalue weighted by atomic mass is 9.88. The Morgan fingerprint density at radius 3 is 2.71 bits per heavy atom. The third-order valence-corrected chi connectivity index (χ3v) is 3.52. The average molecular weight is 255 g/mol. The van der Waals surface area contributed by atoms with Crippen LogP contribution in [0.25, 0.3) is 0 Å². The van der Waals surface area contributed by atoms with Crippen molar-refractivity contribution >= 4 is 15.9 Å². The van der Waals surface area contributed by atoms with E-state index < -0.39 is 0 Å². The van der Waals surface area contributed by atoms with Crippen molar-refractivity contribution in [3.05, 3.63) is 28.0 Å². The number of rotatable bonds is 1. The van der Waals surface area contributed by atoms with E-state index in [9.17, 15) is 0 Å². The van der Waals surface area contributed by atoms with E-state index in [1.807, 2.05) is 12.4 Å². The van der Waals surface area contributed by atoms with E-state index >= 15 is 0 Å². The number of hydrogen-bond donors (Lipinski definition) is 1. The summed E-state index contributed by atoms with van der Waals surface area (Å²) in [6.07, 6.45) is 6.35. The minimum atomic E-state index is 0.702. The van der Waals surface area contributed by atoms with Gasteiger partial charge in [-0.05, 0) is 65.8 Å². The molecular weight excluding hydrogens is 240 g/mol. The van der Waals surface area contributed by atoms with E-state index in [1.54, 1.807) is 0 Å². The monoisotopic (exact) mass is 254 g/mol. The van der Waals surface area contributed by atoms with Crippen molar-refractivity contribution in [3.63, 3.8) is 0 Å². The molecule has 0 bridgehead atoms. The summed E-state index contributed by atoms with van der Waals surface area (Å²) in [6.45, 7) is 4.42. The van der Waals surface area contributed by atoms with Crippen molar-refractivity contribution in [1.29, 1.82) is 0 Å². The minimum absolute atomic E-state index is 0.702. The molecule has 0 aromatic carbocycles. The maximum Gasteiger partial charge on any atom is 0.0413 e. The van der Waals surface area contributed by atoms with Gasteiger partial charge in [-0.2, -0.15) is 0 Å². The third kappa shape index (κ3) is 1.98. The molecule has 0 atom stereocenters. The summed E-state index contributed by atoms with van der Waals surface area (Å²) in [4.78, 5) is 4.18. The van der Waals surface area contributed by atoms with Crippen LogP contribution in [-0.4, -0.2) is 18.1 Å². The number of aryl methyl sites for hydroxylation is 1. The number of aromatic nitrogens is 1. The van der Waals surface area contributed by atoms with Gasteiger partial charge in [0.25, 0.3) is 0 Å². The standard InChI is InChI=1S/C11H15BrN2/c1-8-6-14-7-10(12)11(8)9-2-4-13-5-3-9/h6-7,9,13H,2-5H2,1H3. The van der Waals surface area contributed by atoms with Gasteiger partial charge in [-0.3, -0.25) is 4.98 Å². The summed E-state index contributed by atoms with van der Waals surface area (Å²) < 4.78 is 1.17. The zero-order valence-corrected chi connectivity index (χ0v) is 9.97. The lowest BCUT2D eigenvalue weighted by molar-refractivity contribution is 0.458. The molecule has 1 aromatic rings. The zero-order chi connectivity index (χ0) is 9.97. The molecule has 14 heavy (non-hydrogen) atoms. The highest BCUT2D eigenvalue weighted by atomic mass is 79.9. The predicted octanol–water partition coefficient (Wildman–Crippen LogP) is 2.62. The predicted molar refractivity (Wildman–Crippen MR) is 61.5 cm³/mol. The quantitative estimate of drug-likeness (QED) is 0.834. The Balaban J connectivity index is 2.29. The molecule has 3 heteroatoms. The van der Waals surface area contributed by atoms with Gasteiger partial charge in [0.15, 0.2) is 0 Å². The summed E-state index contributed by atoms with van der Waals surface area (Å²) in [5, 5.41) is 3.39. The number of piperidine rings is 1. The van der Waals surface area contributed by atoms with E-state index in [1.165, 1.54) is 28.4 Å². The van der Waals surface area contributed by atoms with Crippen molar-refractivity contribution in [2.24, 2.45) is 0 Å². The second kappa shape index (κ2) is 4.41. The molecule has 1 aliphatic heterocycles. The van der Waals surface area contributed by atoms with Crippen LogP contribution < -0.4 is 5.32 Å². The molecule has 0 saturated carbocycles. The van der Waals surface area contributed by atoms with Crippen molar-refractivity contribution < 1.29 is 0 Å². The van der Waals surface area contributed by atoms with Crippen LogP contribution in [0.1, 0.15) is 29.9 Å². The van der Waals surface area contributed by atoms with E-state index in [-0.39, 0.29) is 0 Å². The first-order valence-electron chi connectivity index (χ1n) is 5.10. The van der Waals surface area contributed by atoms with E-state index in [0.717, 1.165) is 13.1 Å². The molecule has 0 amide bonds. The topological polar surface area (TPSA) is 24.9 Å². The largest absolute Gasteiger partial charge is 0.317 e. The van der Waals surface area contributed by atoms with Crippen molar-refractivity contribution in [2.45, 2.75) is 25.7 Å². The fourth-order valence-corrected chi connectivity index (χ4v) is 2.92. The Bertz CT molecular complexity index is 299. The van der Waals surface area contributed by atoms with Crippen LogP contribution in [0.15, 0.2) is 16.9 Å². The normalized spacial score (nSPS) is 18.4. The zero-order valence-electron chi connectivity index (χ0n) is 8.39. The fraction of sp³-hybridized carbons (Fsp3) is 0.545. The Labute approximate surface area is 93.3 Å². The maximum absolute atomic E-state index is 4.18. The molecule has 1 saturated heterocycles. The Kier molecular flexibility index (Phi) is 3.19. The van der Waals surface area contributed by atoms with Gasteiger partial charge >= 0.3 is 0 Å². The maximum atomic E-state index is 4.18. The summed E-state index contributed by atoms with van der Waals surface area (Å²) in [6, 6.07) is 0. The summed E-state index contributed by atoms with van der Waals surface area (Å²) in [5.41, 5.74) is 2.77. The Hall–Kier alpha value is -0.410. The van der Waals surface area contributed by atoms with Gasteiger partial charge in [-0.25, -0.2) is 0 Å². The van der Waals surface area contributed by atoms with Gasteiger partial charge in [0, 0.05) is 16.9 Å². The van der Waals surface area contributed by atoms with Gasteiger partial charge in [0.2, 0.25) is 0 Å². The second-order valence-electron chi connectivity index (χ2n) is 3.88. The molecular formula is C11H15BrN2. The summed E-state index contributed by atoms with van der Waals surface area (Å²) in [7, 11) is 0. The van der Waals surface area contributed by atoms with Crippen molar-refractivity contribution in [1.82, 2.24) is 10.3 Å². The Morgan fingerprint density at radius 2 is 2.07 bits per heavy atom. The van der Waals surface area contributed by atoms with Gasteiger partial charge in [-0.15, -0.1) is 0 Å². The summed E-state index contributed by atoms with van der Waals surface area (Å²) in [5.74, 6) is 0.702. The molecule has 2 heterocycles. The van der Waals surface area contributed by atoms with Crippen LogP contribution in [0, 0.1) is 6.92 Å². The Morgan fingerprint density at radius 1 is 1.36 bits per heavy atom. The van der Waals surface area contributed by atoms with Crippen molar-refractivity contribution in [2.75, 3.05) is 13.1 Å². The van der Waals surface area contributed by atoms with Crippen LogP contribution >= 0.6 is 15.9 Å². The molecule has 76 valence electrons. The number of nitrogens with one attached hydrogen (secondary N) is 1. The first-order valence-corrected chi connectivity index (χ1v) is 5.89. The highest BCUT2D eigenvalue weighted by Gasteiger charge is 2.19. The summed E-state index contributed by atoms with van der Waals surface area (Å²) >= 11 is 3.60. The molecule has 1 fully saturated rings. The van der Waals surface area contributed by atoms with Gasteiger partial charge < -0.3 is 5.32 Å². The molecule has 2 nitrogen and oxygen atoms in total. The fourth-order valence-electron chi connectivity index (χ4n) is 2.17. The van der Waals surface area contributed by atoms with E-state index in [4.69, 9.17) is 0 Å². The lowest BCUT2D eigenvalue weighted by Crippen LogP contribution is -2.27. The average Bonchev–Trinajstić information content (AvgIpc) is 2.19. The van der Waals surface area contributed by atoms with Gasteiger partial charge in [0.1, 0.15) is 0 Å². The molecule has 0 radical (unpaired) electrons. The first kappa shape index (κ1) is 10.1. The van der Waals surface area contributed by atoms with Gasteiger partial charge in [-0.1, -0.05) is 0 Å². The lowest BCUT2D eigenvalue weighted by Gasteiger charge is -2.25. The molecule has 2 rings (SSSR count). The van der Waals surface area contributed by atoms with Crippen LogP contribution in [0.2, 0.25) is 0 Å². The molecule has 0 spiro atoms.